The van der Waals surface area contributed by atoms with Gasteiger partial charge in [0.05, 0.1) is 6.04 Å². The van der Waals surface area contributed by atoms with Gasteiger partial charge in [0.25, 0.3) is 0 Å². The van der Waals surface area contributed by atoms with Crippen molar-refractivity contribution < 1.29 is 13.2 Å². The smallest absolute Gasteiger partial charge is 0.194 e. The van der Waals surface area contributed by atoms with E-state index in [9.17, 15) is 13.2 Å². The van der Waals surface area contributed by atoms with E-state index >= 15 is 0 Å². The first-order chi connectivity index (χ1) is 8.41. The molecule has 0 saturated heterocycles. The summed E-state index contributed by atoms with van der Waals surface area (Å²) in [5.41, 5.74) is 5.71. The molecule has 0 fully saturated rings. The fraction of sp³-hybridized carbons (Fsp3) is 0.0909. The number of rotatable bonds is 2. The molecule has 0 amide bonds. The van der Waals surface area contributed by atoms with Crippen LogP contribution in [-0.4, -0.2) is 0 Å². The molecule has 0 aliphatic carbocycles. The van der Waals surface area contributed by atoms with Gasteiger partial charge in [-0.1, -0.05) is 17.7 Å². The summed E-state index contributed by atoms with van der Waals surface area (Å²) in [5, 5.41) is 0. The number of hydrogen-bond acceptors (Lipinski definition) is 2. The molecule has 1 aromatic carbocycles. The predicted octanol–water partition coefficient (Wildman–Crippen LogP) is 4.63. The molecule has 7 heteroatoms. The second-order valence-electron chi connectivity index (χ2n) is 3.51. The summed E-state index contributed by atoms with van der Waals surface area (Å²) in [7, 11) is 0. The molecule has 18 heavy (non-hydrogen) atoms. The summed E-state index contributed by atoms with van der Waals surface area (Å²) in [5.74, 6) is -4.04. The highest BCUT2D eigenvalue weighted by molar-refractivity contribution is 9.10. The summed E-state index contributed by atoms with van der Waals surface area (Å²) in [6.07, 6.45) is 0. The van der Waals surface area contributed by atoms with E-state index in [1.54, 1.807) is 6.07 Å². The maximum absolute atomic E-state index is 13.6. The number of nitrogens with two attached hydrogens (primary N) is 1. The van der Waals surface area contributed by atoms with Gasteiger partial charge in [-0.3, -0.25) is 0 Å². The first kappa shape index (κ1) is 13.9. The molecule has 96 valence electrons. The van der Waals surface area contributed by atoms with Crippen LogP contribution in [0.1, 0.15) is 16.5 Å². The van der Waals surface area contributed by atoms with Gasteiger partial charge in [0.2, 0.25) is 0 Å². The Morgan fingerprint density at radius 3 is 2.44 bits per heavy atom. The van der Waals surface area contributed by atoms with Crippen molar-refractivity contribution in [3.63, 3.8) is 0 Å². The third-order valence-corrected chi connectivity index (χ3v) is 4.93. The van der Waals surface area contributed by atoms with E-state index in [-0.39, 0.29) is 5.56 Å². The van der Waals surface area contributed by atoms with Gasteiger partial charge in [0.1, 0.15) is 4.34 Å². The van der Waals surface area contributed by atoms with Crippen molar-refractivity contribution in [2.24, 2.45) is 5.73 Å². The predicted molar refractivity (Wildman–Crippen MR) is 69.4 cm³/mol. The Bertz CT molecular complexity index is 583. The number of halogens is 5. The highest BCUT2D eigenvalue weighted by Crippen LogP contribution is 2.37. The lowest BCUT2D eigenvalue weighted by molar-refractivity contribution is 0.439. The summed E-state index contributed by atoms with van der Waals surface area (Å²) in [6.45, 7) is 0. The molecule has 0 bridgehead atoms. The van der Waals surface area contributed by atoms with E-state index < -0.39 is 23.5 Å². The average molecular weight is 357 g/mol. The standard InChI is InChI=1S/C11H6BrClF3NS/c12-5-3-7(18-11(5)13)10(17)4-1-2-6(14)9(16)8(4)15/h1-3,10H,17H2. The van der Waals surface area contributed by atoms with E-state index in [4.69, 9.17) is 17.3 Å². The van der Waals surface area contributed by atoms with Crippen LogP contribution < -0.4 is 5.73 Å². The third kappa shape index (κ3) is 2.42. The van der Waals surface area contributed by atoms with Gasteiger partial charge >= 0.3 is 0 Å². The zero-order chi connectivity index (χ0) is 13.4. The third-order valence-electron chi connectivity index (χ3n) is 2.37. The molecule has 0 aliphatic rings. The molecule has 1 atom stereocenters. The minimum absolute atomic E-state index is 0.112. The van der Waals surface area contributed by atoms with Crippen molar-refractivity contribution in [1.29, 1.82) is 0 Å². The zero-order valence-corrected chi connectivity index (χ0v) is 11.8. The Morgan fingerprint density at radius 1 is 1.22 bits per heavy atom. The molecule has 1 unspecified atom stereocenters. The van der Waals surface area contributed by atoms with E-state index in [0.717, 1.165) is 23.5 Å². The van der Waals surface area contributed by atoms with Crippen LogP contribution in [0.2, 0.25) is 4.34 Å². The van der Waals surface area contributed by atoms with Crippen LogP contribution >= 0.6 is 38.9 Å². The monoisotopic (exact) mass is 355 g/mol. The van der Waals surface area contributed by atoms with Gasteiger partial charge in [-0.2, -0.15) is 0 Å². The molecular formula is C11H6BrClF3NS. The lowest BCUT2D eigenvalue weighted by Crippen LogP contribution is -2.13. The Morgan fingerprint density at radius 2 is 1.89 bits per heavy atom. The summed E-state index contributed by atoms with van der Waals surface area (Å²) >= 11 is 10.2. The van der Waals surface area contributed by atoms with Crippen LogP contribution in [0.4, 0.5) is 13.2 Å². The molecule has 1 nitrogen and oxygen atoms in total. The molecule has 1 heterocycles. The van der Waals surface area contributed by atoms with Gasteiger partial charge in [0, 0.05) is 14.9 Å². The molecule has 0 spiro atoms. The van der Waals surface area contributed by atoms with Crippen molar-refractivity contribution >= 4 is 38.9 Å². The topological polar surface area (TPSA) is 26.0 Å². The van der Waals surface area contributed by atoms with Crippen LogP contribution in [0.5, 0.6) is 0 Å². The van der Waals surface area contributed by atoms with Crippen LogP contribution in [0.15, 0.2) is 22.7 Å². The van der Waals surface area contributed by atoms with Gasteiger partial charge < -0.3 is 5.73 Å². The van der Waals surface area contributed by atoms with E-state index in [1.807, 2.05) is 0 Å². The van der Waals surface area contributed by atoms with Crippen LogP contribution in [0.3, 0.4) is 0 Å². The lowest BCUT2D eigenvalue weighted by Gasteiger charge is -2.11. The van der Waals surface area contributed by atoms with Crippen LogP contribution in [-0.2, 0) is 0 Å². The Balaban J connectivity index is 2.46. The second-order valence-corrected chi connectivity index (χ2v) is 6.05. The molecule has 2 N–H and O–H groups in total. The van der Waals surface area contributed by atoms with Gasteiger partial charge in [-0.15, -0.1) is 11.3 Å². The first-order valence-electron chi connectivity index (χ1n) is 4.75. The van der Waals surface area contributed by atoms with E-state index in [0.29, 0.717) is 13.7 Å². The highest BCUT2D eigenvalue weighted by atomic mass is 79.9. The van der Waals surface area contributed by atoms with Crippen LogP contribution in [0, 0.1) is 17.5 Å². The van der Waals surface area contributed by atoms with Crippen molar-refractivity contribution in [3.8, 4) is 0 Å². The fourth-order valence-electron chi connectivity index (χ4n) is 1.45. The fourth-order valence-corrected chi connectivity index (χ4v) is 3.21. The largest absolute Gasteiger partial charge is 0.320 e. The number of thiophene rings is 1. The minimum atomic E-state index is -1.52. The van der Waals surface area contributed by atoms with E-state index in [1.165, 1.54) is 0 Å². The first-order valence-corrected chi connectivity index (χ1v) is 6.74. The lowest BCUT2D eigenvalue weighted by atomic mass is 10.1. The summed E-state index contributed by atoms with van der Waals surface area (Å²) < 4.78 is 40.6. The van der Waals surface area contributed by atoms with E-state index in [2.05, 4.69) is 15.9 Å². The zero-order valence-electron chi connectivity index (χ0n) is 8.68. The Hall–Kier alpha value is -0.560. The normalized spacial score (nSPS) is 12.8. The van der Waals surface area contributed by atoms with Crippen molar-refractivity contribution in [2.75, 3.05) is 0 Å². The van der Waals surface area contributed by atoms with Gasteiger partial charge in [0.15, 0.2) is 17.5 Å². The molecule has 1 aromatic heterocycles. The quantitative estimate of drug-likeness (QED) is 0.780. The Labute approximate surface area is 119 Å². The average Bonchev–Trinajstić information content (AvgIpc) is 2.66. The molecular weight excluding hydrogens is 351 g/mol. The summed E-state index contributed by atoms with van der Waals surface area (Å²) in [4.78, 5) is 0.553. The van der Waals surface area contributed by atoms with Crippen molar-refractivity contribution in [3.05, 3.63) is 54.9 Å². The molecule has 0 radical (unpaired) electrons. The number of benzene rings is 1. The van der Waals surface area contributed by atoms with Crippen LogP contribution in [0.25, 0.3) is 0 Å². The van der Waals surface area contributed by atoms with Crippen molar-refractivity contribution in [1.82, 2.24) is 0 Å². The Kier molecular flexibility index (Phi) is 4.01. The highest BCUT2D eigenvalue weighted by Gasteiger charge is 2.21. The SMILES string of the molecule is NC(c1cc(Br)c(Cl)s1)c1ccc(F)c(F)c1F. The maximum Gasteiger partial charge on any atom is 0.194 e. The van der Waals surface area contributed by atoms with Gasteiger partial charge in [-0.05, 0) is 28.1 Å². The minimum Gasteiger partial charge on any atom is -0.320 e. The molecule has 0 aliphatic heterocycles. The second kappa shape index (κ2) is 5.21. The number of hydrogen-bond donors (Lipinski definition) is 1. The van der Waals surface area contributed by atoms with Crippen molar-refractivity contribution in [2.45, 2.75) is 6.04 Å². The summed E-state index contributed by atoms with van der Waals surface area (Å²) in [6, 6.07) is 2.70. The van der Waals surface area contributed by atoms with Gasteiger partial charge in [-0.25, -0.2) is 13.2 Å². The molecule has 2 rings (SSSR count). The molecule has 0 saturated carbocycles. The molecule has 2 aromatic rings. The maximum atomic E-state index is 13.6.